The SMILES string of the molecule is CN1CCCC1C(=O)N1CCN(CCC(=O)OC(C)(C)C)CC1. The average molecular weight is 325 g/mol. The zero-order valence-electron chi connectivity index (χ0n) is 15.0. The third kappa shape index (κ3) is 5.46. The molecule has 2 aliphatic rings. The number of amides is 1. The number of ether oxygens (including phenoxy) is 1. The summed E-state index contributed by atoms with van der Waals surface area (Å²) in [7, 11) is 2.03. The molecule has 2 aliphatic heterocycles. The molecule has 0 saturated carbocycles. The minimum absolute atomic E-state index is 0.0725. The Morgan fingerprint density at radius 3 is 2.26 bits per heavy atom. The first-order valence-electron chi connectivity index (χ1n) is 8.69. The number of hydrogen-bond acceptors (Lipinski definition) is 5. The Hall–Kier alpha value is -1.14. The van der Waals surface area contributed by atoms with Gasteiger partial charge in [0.25, 0.3) is 0 Å². The normalized spacial score (nSPS) is 24.0. The Morgan fingerprint density at radius 2 is 1.74 bits per heavy atom. The van der Waals surface area contributed by atoms with E-state index in [2.05, 4.69) is 9.80 Å². The molecule has 6 heteroatoms. The van der Waals surface area contributed by atoms with Crippen molar-refractivity contribution >= 4 is 11.9 Å². The maximum Gasteiger partial charge on any atom is 0.307 e. The van der Waals surface area contributed by atoms with Crippen LogP contribution in [0.1, 0.15) is 40.0 Å². The van der Waals surface area contributed by atoms with Crippen molar-refractivity contribution in [1.82, 2.24) is 14.7 Å². The van der Waals surface area contributed by atoms with E-state index in [1.807, 2.05) is 32.7 Å². The summed E-state index contributed by atoms with van der Waals surface area (Å²) in [6.07, 6.45) is 2.51. The van der Waals surface area contributed by atoms with Crippen LogP contribution in [-0.4, -0.2) is 84.5 Å². The van der Waals surface area contributed by atoms with Crippen molar-refractivity contribution in [3.05, 3.63) is 0 Å². The van der Waals surface area contributed by atoms with Gasteiger partial charge in [-0.05, 0) is 47.2 Å². The van der Waals surface area contributed by atoms with Crippen LogP contribution in [0.3, 0.4) is 0 Å². The molecule has 0 spiro atoms. The largest absolute Gasteiger partial charge is 0.460 e. The fourth-order valence-electron chi connectivity index (χ4n) is 3.27. The van der Waals surface area contributed by atoms with Crippen molar-refractivity contribution in [2.45, 2.75) is 51.7 Å². The Balaban J connectivity index is 1.69. The van der Waals surface area contributed by atoms with Crippen LogP contribution < -0.4 is 0 Å². The van der Waals surface area contributed by atoms with Crippen LogP contribution in [0.15, 0.2) is 0 Å². The first-order chi connectivity index (χ1) is 10.8. The lowest BCUT2D eigenvalue weighted by molar-refractivity contribution is -0.155. The molecular formula is C17H31N3O3. The van der Waals surface area contributed by atoms with Gasteiger partial charge in [0.05, 0.1) is 12.5 Å². The summed E-state index contributed by atoms with van der Waals surface area (Å²) in [6.45, 7) is 10.6. The van der Waals surface area contributed by atoms with E-state index in [9.17, 15) is 9.59 Å². The molecule has 2 heterocycles. The van der Waals surface area contributed by atoms with Gasteiger partial charge in [-0.15, -0.1) is 0 Å². The van der Waals surface area contributed by atoms with Crippen LogP contribution in [0.5, 0.6) is 0 Å². The summed E-state index contributed by atoms with van der Waals surface area (Å²) < 4.78 is 5.33. The van der Waals surface area contributed by atoms with Gasteiger partial charge in [-0.3, -0.25) is 19.4 Å². The number of likely N-dealkylation sites (N-methyl/N-ethyl adjacent to an activating group) is 1. The Labute approximate surface area is 139 Å². The first-order valence-corrected chi connectivity index (χ1v) is 8.69. The summed E-state index contributed by atoms with van der Waals surface area (Å²) in [5.41, 5.74) is -0.421. The van der Waals surface area contributed by atoms with Crippen LogP contribution in [0, 0.1) is 0 Å². The molecule has 0 N–H and O–H groups in total. The maximum absolute atomic E-state index is 12.5. The molecule has 0 aliphatic carbocycles. The average Bonchev–Trinajstić information content (AvgIpc) is 2.89. The first kappa shape index (κ1) is 18.2. The van der Waals surface area contributed by atoms with Gasteiger partial charge < -0.3 is 9.64 Å². The minimum atomic E-state index is -0.421. The number of likely N-dealkylation sites (tertiary alicyclic amines) is 1. The van der Waals surface area contributed by atoms with E-state index in [0.717, 1.165) is 45.6 Å². The van der Waals surface area contributed by atoms with Crippen molar-refractivity contribution in [2.75, 3.05) is 46.3 Å². The fourth-order valence-corrected chi connectivity index (χ4v) is 3.27. The van der Waals surface area contributed by atoms with Gasteiger partial charge >= 0.3 is 5.97 Å². The van der Waals surface area contributed by atoms with Gasteiger partial charge in [0.15, 0.2) is 0 Å². The smallest absolute Gasteiger partial charge is 0.307 e. The van der Waals surface area contributed by atoms with Crippen LogP contribution in [0.2, 0.25) is 0 Å². The summed E-state index contributed by atoms with van der Waals surface area (Å²) in [5, 5.41) is 0. The van der Waals surface area contributed by atoms with Crippen LogP contribution in [0.4, 0.5) is 0 Å². The van der Waals surface area contributed by atoms with E-state index in [-0.39, 0.29) is 17.9 Å². The predicted molar refractivity (Wildman–Crippen MR) is 89.1 cm³/mol. The molecule has 23 heavy (non-hydrogen) atoms. The van der Waals surface area contributed by atoms with Crippen LogP contribution in [-0.2, 0) is 14.3 Å². The highest BCUT2D eigenvalue weighted by molar-refractivity contribution is 5.82. The summed E-state index contributed by atoms with van der Waals surface area (Å²) in [5.74, 6) is 0.125. The fraction of sp³-hybridized carbons (Fsp3) is 0.882. The van der Waals surface area contributed by atoms with Crippen LogP contribution in [0.25, 0.3) is 0 Å². The third-order valence-electron chi connectivity index (χ3n) is 4.54. The second-order valence-electron chi connectivity index (χ2n) is 7.64. The molecule has 2 fully saturated rings. The second kappa shape index (κ2) is 7.62. The van der Waals surface area contributed by atoms with E-state index >= 15 is 0 Å². The number of hydrogen-bond donors (Lipinski definition) is 0. The van der Waals surface area contributed by atoms with E-state index in [1.165, 1.54) is 0 Å². The number of esters is 1. The second-order valence-corrected chi connectivity index (χ2v) is 7.64. The van der Waals surface area contributed by atoms with Gasteiger partial charge in [0, 0.05) is 32.7 Å². The lowest BCUT2D eigenvalue weighted by Crippen LogP contribution is -2.53. The molecule has 2 rings (SSSR count). The molecule has 132 valence electrons. The van der Waals surface area contributed by atoms with E-state index < -0.39 is 5.60 Å². The molecule has 1 unspecified atom stereocenters. The molecule has 0 bridgehead atoms. The standard InChI is InChI=1S/C17H31N3O3/c1-17(2,3)23-15(21)7-9-19-10-12-20(13-11-19)16(22)14-6-5-8-18(14)4/h14H,5-13H2,1-4H3. The molecule has 1 atom stereocenters. The number of nitrogens with zero attached hydrogens (tertiary/aromatic N) is 3. The molecule has 2 saturated heterocycles. The molecular weight excluding hydrogens is 294 g/mol. The van der Waals surface area contributed by atoms with Gasteiger partial charge in [-0.25, -0.2) is 0 Å². The van der Waals surface area contributed by atoms with Gasteiger partial charge in [0.2, 0.25) is 5.91 Å². The third-order valence-corrected chi connectivity index (χ3v) is 4.54. The van der Waals surface area contributed by atoms with Gasteiger partial charge in [-0.2, -0.15) is 0 Å². The highest BCUT2D eigenvalue weighted by Gasteiger charge is 2.32. The van der Waals surface area contributed by atoms with Crippen molar-refractivity contribution < 1.29 is 14.3 Å². The zero-order valence-corrected chi connectivity index (χ0v) is 15.0. The molecule has 1 amide bonds. The maximum atomic E-state index is 12.5. The van der Waals surface area contributed by atoms with Gasteiger partial charge in [-0.1, -0.05) is 0 Å². The molecule has 0 aromatic heterocycles. The van der Waals surface area contributed by atoms with Crippen molar-refractivity contribution in [3.63, 3.8) is 0 Å². The molecule has 0 aromatic carbocycles. The number of carbonyl (C=O) groups excluding carboxylic acids is 2. The molecule has 0 aromatic rings. The highest BCUT2D eigenvalue weighted by Crippen LogP contribution is 2.18. The lowest BCUT2D eigenvalue weighted by Gasteiger charge is -2.36. The number of piperazine rings is 1. The lowest BCUT2D eigenvalue weighted by atomic mass is 10.1. The van der Waals surface area contributed by atoms with Gasteiger partial charge in [0.1, 0.15) is 5.60 Å². The van der Waals surface area contributed by atoms with E-state index in [1.54, 1.807) is 0 Å². The van der Waals surface area contributed by atoms with Crippen molar-refractivity contribution in [2.24, 2.45) is 0 Å². The Kier molecular flexibility index (Phi) is 6.03. The van der Waals surface area contributed by atoms with Crippen LogP contribution >= 0.6 is 0 Å². The quantitative estimate of drug-likeness (QED) is 0.721. The highest BCUT2D eigenvalue weighted by atomic mass is 16.6. The van der Waals surface area contributed by atoms with E-state index in [4.69, 9.17) is 4.74 Å². The Bertz CT molecular complexity index is 425. The van der Waals surface area contributed by atoms with E-state index in [0.29, 0.717) is 13.0 Å². The number of carbonyl (C=O) groups is 2. The van der Waals surface area contributed by atoms with Crippen molar-refractivity contribution in [3.8, 4) is 0 Å². The summed E-state index contributed by atoms with van der Waals surface area (Å²) in [6, 6.07) is 0.0725. The summed E-state index contributed by atoms with van der Waals surface area (Å²) in [4.78, 5) is 30.7. The number of rotatable bonds is 4. The monoisotopic (exact) mass is 325 g/mol. The topological polar surface area (TPSA) is 53.1 Å². The molecule has 6 nitrogen and oxygen atoms in total. The van der Waals surface area contributed by atoms with Crippen molar-refractivity contribution in [1.29, 1.82) is 0 Å². The summed E-state index contributed by atoms with van der Waals surface area (Å²) >= 11 is 0. The molecule has 0 radical (unpaired) electrons. The predicted octanol–water partition coefficient (Wildman–Crippen LogP) is 0.957. The zero-order chi connectivity index (χ0) is 17.0. The Morgan fingerprint density at radius 1 is 1.09 bits per heavy atom. The minimum Gasteiger partial charge on any atom is -0.460 e.